The molecule has 2 nitrogen and oxygen atoms in total. The number of hydrogen-bond acceptors (Lipinski definition) is 2. The molecule has 0 saturated heterocycles. The zero-order chi connectivity index (χ0) is 8.55. The van der Waals surface area contributed by atoms with Crippen LogP contribution in [0.4, 0.5) is 0 Å². The first-order valence-electron chi connectivity index (χ1n) is 4.26. The molecule has 0 aromatic heterocycles. The summed E-state index contributed by atoms with van der Waals surface area (Å²) in [6.07, 6.45) is 3.56. The highest BCUT2D eigenvalue weighted by Crippen LogP contribution is 2.34. The second-order valence-electron chi connectivity index (χ2n) is 3.51. The third-order valence-corrected chi connectivity index (χ3v) is 2.18. The van der Waals surface area contributed by atoms with E-state index in [1.165, 1.54) is 18.9 Å². The second kappa shape index (κ2) is 2.70. The first-order chi connectivity index (χ1) is 5.74. The topological polar surface area (TPSA) is 40.5 Å². The number of phenols is 2. The molecule has 0 amide bonds. The Morgan fingerprint density at radius 2 is 1.67 bits per heavy atom. The maximum Gasteiger partial charge on any atom is 0.119 e. The van der Waals surface area contributed by atoms with Gasteiger partial charge >= 0.3 is 0 Å². The smallest absolute Gasteiger partial charge is 0.119 e. The Hall–Kier alpha value is -1.18. The van der Waals surface area contributed by atoms with Gasteiger partial charge in [0.2, 0.25) is 0 Å². The summed E-state index contributed by atoms with van der Waals surface area (Å²) in [4.78, 5) is 0. The third-order valence-electron chi connectivity index (χ3n) is 2.18. The van der Waals surface area contributed by atoms with Gasteiger partial charge in [0.15, 0.2) is 0 Å². The van der Waals surface area contributed by atoms with Crippen molar-refractivity contribution in [3.8, 4) is 11.5 Å². The van der Waals surface area contributed by atoms with Crippen molar-refractivity contribution < 1.29 is 10.2 Å². The molecule has 0 heterocycles. The summed E-state index contributed by atoms with van der Waals surface area (Å²) >= 11 is 0. The van der Waals surface area contributed by atoms with E-state index in [1.807, 2.05) is 0 Å². The van der Waals surface area contributed by atoms with E-state index < -0.39 is 0 Å². The molecular formula is C10H12O2. The van der Waals surface area contributed by atoms with Crippen molar-refractivity contribution >= 4 is 0 Å². The summed E-state index contributed by atoms with van der Waals surface area (Å²) in [5, 5.41) is 18.3. The maximum absolute atomic E-state index is 9.17. The molecule has 1 saturated carbocycles. The van der Waals surface area contributed by atoms with Crippen LogP contribution in [0.25, 0.3) is 0 Å². The Balaban J connectivity index is 2.18. The molecule has 1 aliphatic carbocycles. The minimum Gasteiger partial charge on any atom is -0.508 e. The summed E-state index contributed by atoms with van der Waals surface area (Å²) in [6, 6.07) is 4.80. The van der Waals surface area contributed by atoms with Crippen molar-refractivity contribution in [2.45, 2.75) is 19.3 Å². The summed E-state index contributed by atoms with van der Waals surface area (Å²) in [5.41, 5.74) is 1.04. The van der Waals surface area contributed by atoms with E-state index in [2.05, 4.69) is 0 Å². The molecule has 0 bridgehead atoms. The molecular weight excluding hydrogens is 152 g/mol. The van der Waals surface area contributed by atoms with Crippen molar-refractivity contribution in [2.24, 2.45) is 5.92 Å². The molecule has 0 atom stereocenters. The van der Waals surface area contributed by atoms with Gasteiger partial charge in [0.05, 0.1) is 0 Å². The Morgan fingerprint density at radius 1 is 1.08 bits per heavy atom. The van der Waals surface area contributed by atoms with Gasteiger partial charge < -0.3 is 10.2 Å². The van der Waals surface area contributed by atoms with E-state index in [9.17, 15) is 0 Å². The second-order valence-corrected chi connectivity index (χ2v) is 3.51. The first kappa shape index (κ1) is 7.47. The van der Waals surface area contributed by atoms with Gasteiger partial charge in [0, 0.05) is 6.07 Å². The van der Waals surface area contributed by atoms with Gasteiger partial charge in [-0.2, -0.15) is 0 Å². The van der Waals surface area contributed by atoms with Crippen molar-refractivity contribution in [3.05, 3.63) is 23.8 Å². The zero-order valence-corrected chi connectivity index (χ0v) is 6.83. The summed E-state index contributed by atoms with van der Waals surface area (Å²) < 4.78 is 0. The van der Waals surface area contributed by atoms with Gasteiger partial charge in [0.25, 0.3) is 0 Å². The Bertz CT molecular complexity index is 270. The molecule has 2 rings (SSSR count). The molecule has 1 aliphatic rings. The summed E-state index contributed by atoms with van der Waals surface area (Å²) in [7, 11) is 0. The maximum atomic E-state index is 9.17. The van der Waals surface area contributed by atoms with Gasteiger partial charge in [-0.25, -0.2) is 0 Å². The van der Waals surface area contributed by atoms with Crippen LogP contribution in [0.2, 0.25) is 0 Å². The molecule has 2 heteroatoms. The molecule has 2 N–H and O–H groups in total. The van der Waals surface area contributed by atoms with E-state index in [0.29, 0.717) is 0 Å². The molecule has 0 radical (unpaired) electrons. The lowest BCUT2D eigenvalue weighted by molar-refractivity contribution is 0.449. The Morgan fingerprint density at radius 3 is 2.17 bits per heavy atom. The van der Waals surface area contributed by atoms with Gasteiger partial charge in [-0.05, 0) is 42.9 Å². The lowest BCUT2D eigenvalue weighted by atomic mass is 10.1. The van der Waals surface area contributed by atoms with Crippen LogP contribution < -0.4 is 0 Å². The van der Waals surface area contributed by atoms with Crippen LogP contribution in [-0.4, -0.2) is 10.2 Å². The van der Waals surface area contributed by atoms with Gasteiger partial charge in [-0.1, -0.05) is 0 Å². The van der Waals surface area contributed by atoms with E-state index in [0.717, 1.165) is 17.9 Å². The average Bonchev–Trinajstić information content (AvgIpc) is 2.68. The molecule has 1 fully saturated rings. The van der Waals surface area contributed by atoms with Crippen LogP contribution in [0.5, 0.6) is 11.5 Å². The molecule has 1 aromatic rings. The molecule has 1 aromatic carbocycles. The Kier molecular flexibility index (Phi) is 1.68. The predicted molar refractivity (Wildman–Crippen MR) is 46.2 cm³/mol. The Labute approximate surface area is 71.5 Å². The van der Waals surface area contributed by atoms with E-state index >= 15 is 0 Å². The molecule has 0 aliphatic heterocycles. The number of benzene rings is 1. The quantitative estimate of drug-likeness (QED) is 0.702. The zero-order valence-electron chi connectivity index (χ0n) is 6.83. The molecule has 64 valence electrons. The highest BCUT2D eigenvalue weighted by atomic mass is 16.3. The lowest BCUT2D eigenvalue weighted by Gasteiger charge is -2.01. The molecule has 12 heavy (non-hydrogen) atoms. The normalized spacial score (nSPS) is 16.3. The SMILES string of the molecule is Oc1cc(O)cc(CC2CC2)c1. The van der Waals surface area contributed by atoms with Crippen LogP contribution in [0.1, 0.15) is 18.4 Å². The first-order valence-corrected chi connectivity index (χ1v) is 4.26. The highest BCUT2D eigenvalue weighted by molar-refractivity contribution is 5.36. The minimum absolute atomic E-state index is 0.158. The molecule has 0 unspecified atom stereocenters. The third kappa shape index (κ3) is 1.70. The van der Waals surface area contributed by atoms with Crippen LogP contribution in [0.15, 0.2) is 18.2 Å². The number of hydrogen-bond donors (Lipinski definition) is 2. The molecule has 0 spiro atoms. The lowest BCUT2D eigenvalue weighted by Crippen LogP contribution is -1.85. The predicted octanol–water partition coefficient (Wildman–Crippen LogP) is 2.05. The van der Waals surface area contributed by atoms with Crippen LogP contribution in [0.3, 0.4) is 0 Å². The fourth-order valence-electron chi connectivity index (χ4n) is 1.43. The standard InChI is InChI=1S/C10H12O2/c11-9-4-8(3-7-1-2-7)5-10(12)6-9/h4-7,11-12H,1-3H2. The van der Waals surface area contributed by atoms with E-state index in [4.69, 9.17) is 10.2 Å². The van der Waals surface area contributed by atoms with Gasteiger partial charge in [0.1, 0.15) is 11.5 Å². The van der Waals surface area contributed by atoms with Crippen molar-refractivity contribution in [1.82, 2.24) is 0 Å². The van der Waals surface area contributed by atoms with Crippen LogP contribution in [0, 0.1) is 5.92 Å². The number of rotatable bonds is 2. The minimum atomic E-state index is 0.158. The monoisotopic (exact) mass is 164 g/mol. The number of phenolic OH excluding ortho intramolecular Hbond substituents is 2. The van der Waals surface area contributed by atoms with Crippen LogP contribution >= 0.6 is 0 Å². The fourth-order valence-corrected chi connectivity index (χ4v) is 1.43. The van der Waals surface area contributed by atoms with Crippen LogP contribution in [-0.2, 0) is 6.42 Å². The fraction of sp³-hybridized carbons (Fsp3) is 0.400. The largest absolute Gasteiger partial charge is 0.508 e. The van der Waals surface area contributed by atoms with Crippen molar-refractivity contribution in [1.29, 1.82) is 0 Å². The summed E-state index contributed by atoms with van der Waals surface area (Å²) in [5.74, 6) is 1.10. The van der Waals surface area contributed by atoms with Crippen molar-refractivity contribution in [3.63, 3.8) is 0 Å². The summed E-state index contributed by atoms with van der Waals surface area (Å²) in [6.45, 7) is 0. The van der Waals surface area contributed by atoms with Crippen molar-refractivity contribution in [2.75, 3.05) is 0 Å². The van der Waals surface area contributed by atoms with E-state index in [1.54, 1.807) is 12.1 Å². The van der Waals surface area contributed by atoms with E-state index in [-0.39, 0.29) is 11.5 Å². The van der Waals surface area contributed by atoms with Gasteiger partial charge in [-0.15, -0.1) is 0 Å². The van der Waals surface area contributed by atoms with Gasteiger partial charge in [-0.3, -0.25) is 0 Å². The average molecular weight is 164 g/mol. The highest BCUT2D eigenvalue weighted by Gasteiger charge is 2.21. The number of aromatic hydroxyl groups is 2.